The number of hydrogen-bond donors (Lipinski definition) is 2. The Kier molecular flexibility index (Phi) is 6.55. The first-order chi connectivity index (χ1) is 15.9. The Hall–Kier alpha value is -2.74. The second-order valence-corrected chi connectivity index (χ2v) is 12.8. The lowest BCUT2D eigenvalue weighted by Crippen LogP contribution is -2.47. The second-order valence-electron chi connectivity index (χ2n) is 8.06. The lowest BCUT2D eigenvalue weighted by Gasteiger charge is -2.22. The zero-order chi connectivity index (χ0) is 24.7. The van der Waals surface area contributed by atoms with E-state index in [2.05, 4.69) is 15.0 Å². The Morgan fingerprint density at radius 2 is 1.68 bits per heavy atom. The van der Waals surface area contributed by atoms with Gasteiger partial charge in [-0.15, -0.1) is 0 Å². The Balaban J connectivity index is 1.55. The number of sulfone groups is 1. The van der Waals surface area contributed by atoms with Crippen molar-refractivity contribution in [3.8, 4) is 11.5 Å². The molecule has 182 valence electrons. The van der Waals surface area contributed by atoms with Crippen LogP contribution < -0.4 is 19.5 Å². The van der Waals surface area contributed by atoms with Crippen molar-refractivity contribution in [3.05, 3.63) is 36.4 Å². The van der Waals surface area contributed by atoms with Gasteiger partial charge in [0.05, 0.1) is 20.0 Å². The van der Waals surface area contributed by atoms with E-state index in [9.17, 15) is 21.6 Å². The number of benzene rings is 2. The van der Waals surface area contributed by atoms with Crippen LogP contribution in [-0.4, -0.2) is 53.2 Å². The van der Waals surface area contributed by atoms with Crippen LogP contribution in [0.3, 0.4) is 0 Å². The standard InChI is InChI=1S/C21H23N3O7S3/c1-12(2)19(24-34(28,29)14-5-7-16-17(10-14)31-9-8-30-16)20(25)23-21-22-15-6-4-13(33(3,26)27)11-18(15)32-21/h4-7,10-12,19,24H,8-9H2,1-3H3,(H,22,23,25). The lowest BCUT2D eigenvalue weighted by molar-refractivity contribution is -0.118. The number of nitrogens with zero attached hydrogens (tertiary/aromatic N) is 1. The zero-order valence-electron chi connectivity index (χ0n) is 18.6. The van der Waals surface area contributed by atoms with Gasteiger partial charge in [-0.25, -0.2) is 21.8 Å². The number of sulfonamides is 1. The molecule has 10 nitrogen and oxygen atoms in total. The summed E-state index contributed by atoms with van der Waals surface area (Å²) in [6.45, 7) is 4.13. The average Bonchev–Trinajstić information content (AvgIpc) is 3.17. The molecule has 0 saturated heterocycles. The van der Waals surface area contributed by atoms with Gasteiger partial charge in [0.2, 0.25) is 15.9 Å². The molecule has 4 rings (SSSR count). The number of carbonyl (C=O) groups excluding carboxylic acids is 1. The van der Waals surface area contributed by atoms with E-state index in [1.54, 1.807) is 19.9 Å². The Labute approximate surface area is 201 Å². The van der Waals surface area contributed by atoms with E-state index >= 15 is 0 Å². The molecule has 2 heterocycles. The summed E-state index contributed by atoms with van der Waals surface area (Å²) in [5.41, 5.74) is 0.519. The number of thiazole rings is 1. The van der Waals surface area contributed by atoms with Crippen molar-refractivity contribution in [2.45, 2.75) is 29.7 Å². The number of fused-ring (bicyclic) bond motifs is 2. The van der Waals surface area contributed by atoms with Crippen LogP contribution in [0, 0.1) is 5.92 Å². The van der Waals surface area contributed by atoms with Crippen LogP contribution in [0.25, 0.3) is 10.2 Å². The van der Waals surface area contributed by atoms with Crippen molar-refractivity contribution in [2.75, 3.05) is 24.8 Å². The maximum Gasteiger partial charge on any atom is 0.244 e. The van der Waals surface area contributed by atoms with Crippen molar-refractivity contribution in [2.24, 2.45) is 5.92 Å². The van der Waals surface area contributed by atoms with Gasteiger partial charge in [-0.05, 0) is 36.2 Å². The topological polar surface area (TPSA) is 141 Å². The summed E-state index contributed by atoms with van der Waals surface area (Å²) in [6.07, 6.45) is 1.11. The molecule has 0 spiro atoms. The van der Waals surface area contributed by atoms with Crippen molar-refractivity contribution in [3.63, 3.8) is 0 Å². The van der Waals surface area contributed by atoms with Gasteiger partial charge in [-0.3, -0.25) is 4.79 Å². The van der Waals surface area contributed by atoms with E-state index in [1.165, 1.54) is 30.3 Å². The highest BCUT2D eigenvalue weighted by atomic mass is 32.2. The molecule has 13 heteroatoms. The third kappa shape index (κ3) is 5.17. The first kappa shape index (κ1) is 24.4. The summed E-state index contributed by atoms with van der Waals surface area (Å²) in [5, 5.41) is 2.87. The van der Waals surface area contributed by atoms with Crippen molar-refractivity contribution >= 4 is 52.5 Å². The molecule has 1 aromatic heterocycles. The first-order valence-electron chi connectivity index (χ1n) is 10.3. The number of amides is 1. The molecule has 0 aliphatic carbocycles. The quantitative estimate of drug-likeness (QED) is 0.479. The fraction of sp³-hybridized carbons (Fsp3) is 0.333. The number of rotatable bonds is 7. The van der Waals surface area contributed by atoms with Crippen LogP contribution in [-0.2, 0) is 24.7 Å². The molecule has 34 heavy (non-hydrogen) atoms. The summed E-state index contributed by atoms with van der Waals surface area (Å²) in [4.78, 5) is 17.4. The fourth-order valence-electron chi connectivity index (χ4n) is 3.29. The highest BCUT2D eigenvalue weighted by Crippen LogP contribution is 2.32. The third-order valence-corrected chi connectivity index (χ3v) is 8.56. The zero-order valence-corrected chi connectivity index (χ0v) is 21.0. The largest absolute Gasteiger partial charge is 0.486 e. The SMILES string of the molecule is CC(C)C(NS(=O)(=O)c1ccc2c(c1)OCCO2)C(=O)Nc1nc2ccc(S(C)(=O)=O)cc2s1. The molecule has 2 aromatic carbocycles. The van der Waals surface area contributed by atoms with Gasteiger partial charge in [-0.1, -0.05) is 25.2 Å². The van der Waals surface area contributed by atoms with Crippen molar-refractivity contribution in [1.29, 1.82) is 0 Å². The van der Waals surface area contributed by atoms with E-state index in [-0.39, 0.29) is 20.8 Å². The van der Waals surface area contributed by atoms with Crippen LogP contribution in [0.4, 0.5) is 5.13 Å². The Morgan fingerprint density at radius 1 is 1.00 bits per heavy atom. The highest BCUT2D eigenvalue weighted by molar-refractivity contribution is 7.90. The van der Waals surface area contributed by atoms with Crippen LogP contribution in [0.2, 0.25) is 0 Å². The number of anilines is 1. The van der Waals surface area contributed by atoms with Gasteiger partial charge >= 0.3 is 0 Å². The molecule has 0 fully saturated rings. The summed E-state index contributed by atoms with van der Waals surface area (Å²) in [6, 6.07) is 7.67. The van der Waals surface area contributed by atoms with Gasteiger partial charge in [0.25, 0.3) is 0 Å². The molecule has 1 amide bonds. The first-order valence-corrected chi connectivity index (χ1v) is 14.5. The van der Waals surface area contributed by atoms with Gasteiger partial charge in [0.15, 0.2) is 26.5 Å². The van der Waals surface area contributed by atoms with E-state index < -0.39 is 31.8 Å². The molecule has 0 radical (unpaired) electrons. The fourth-order valence-corrected chi connectivity index (χ4v) is 6.28. The summed E-state index contributed by atoms with van der Waals surface area (Å²) in [7, 11) is -7.44. The molecule has 1 atom stereocenters. The van der Waals surface area contributed by atoms with Crippen LogP contribution >= 0.6 is 11.3 Å². The molecule has 3 aromatic rings. The van der Waals surface area contributed by atoms with Gasteiger partial charge in [0, 0.05) is 12.3 Å². The summed E-state index contributed by atoms with van der Waals surface area (Å²) >= 11 is 1.10. The maximum atomic E-state index is 13.0. The smallest absolute Gasteiger partial charge is 0.244 e. The molecule has 1 unspecified atom stereocenters. The number of aromatic nitrogens is 1. The molecule has 1 aliphatic heterocycles. The molecule has 0 saturated carbocycles. The monoisotopic (exact) mass is 525 g/mol. The van der Waals surface area contributed by atoms with Gasteiger partial charge in [-0.2, -0.15) is 4.72 Å². The maximum absolute atomic E-state index is 13.0. The minimum atomic E-state index is -4.05. The minimum absolute atomic E-state index is 0.0523. The van der Waals surface area contributed by atoms with E-state index in [0.717, 1.165) is 17.6 Å². The molecular formula is C21H23N3O7S3. The van der Waals surface area contributed by atoms with Crippen molar-refractivity contribution < 1.29 is 31.1 Å². The van der Waals surface area contributed by atoms with Crippen LogP contribution in [0.1, 0.15) is 13.8 Å². The number of hydrogen-bond acceptors (Lipinski definition) is 9. The Bertz CT molecular complexity index is 1460. The van der Waals surface area contributed by atoms with Crippen LogP contribution in [0.15, 0.2) is 46.2 Å². The van der Waals surface area contributed by atoms with E-state index in [1.807, 2.05) is 0 Å². The molecular weight excluding hydrogens is 502 g/mol. The Morgan fingerprint density at radius 3 is 2.35 bits per heavy atom. The third-order valence-electron chi connectivity index (χ3n) is 5.07. The predicted molar refractivity (Wildman–Crippen MR) is 128 cm³/mol. The average molecular weight is 526 g/mol. The van der Waals surface area contributed by atoms with E-state index in [4.69, 9.17) is 9.47 Å². The lowest BCUT2D eigenvalue weighted by atomic mass is 10.1. The van der Waals surface area contributed by atoms with Crippen LogP contribution in [0.5, 0.6) is 11.5 Å². The number of carbonyl (C=O) groups is 1. The summed E-state index contributed by atoms with van der Waals surface area (Å²) in [5.74, 6) is -0.183. The molecule has 1 aliphatic rings. The number of ether oxygens (including phenoxy) is 2. The number of nitrogens with one attached hydrogen (secondary N) is 2. The normalized spacial score (nSPS) is 14.8. The minimum Gasteiger partial charge on any atom is -0.486 e. The van der Waals surface area contributed by atoms with Crippen molar-refractivity contribution in [1.82, 2.24) is 9.71 Å². The summed E-state index contributed by atoms with van der Waals surface area (Å²) < 4.78 is 63.5. The molecule has 2 N–H and O–H groups in total. The highest BCUT2D eigenvalue weighted by Gasteiger charge is 2.30. The predicted octanol–water partition coefficient (Wildman–Crippen LogP) is 2.41. The second kappa shape index (κ2) is 9.13. The van der Waals surface area contributed by atoms with E-state index in [0.29, 0.717) is 34.9 Å². The van der Waals surface area contributed by atoms with Gasteiger partial charge < -0.3 is 14.8 Å². The molecule has 0 bridgehead atoms. The van der Waals surface area contributed by atoms with Gasteiger partial charge in [0.1, 0.15) is 19.3 Å².